The predicted molar refractivity (Wildman–Crippen MR) is 130 cm³/mol. The summed E-state index contributed by atoms with van der Waals surface area (Å²) in [7, 11) is -3.52. The zero-order chi connectivity index (χ0) is 23.7. The topological polar surface area (TPSA) is 87.7 Å². The number of rotatable bonds is 5. The first kappa shape index (κ1) is 24.1. The number of sulfonamides is 1. The normalized spacial score (nSPS) is 19.5. The van der Waals surface area contributed by atoms with Crippen molar-refractivity contribution in [1.82, 2.24) is 0 Å². The summed E-state index contributed by atoms with van der Waals surface area (Å²) in [6, 6.07) is 12.3. The fourth-order valence-corrected chi connectivity index (χ4v) is 4.42. The first-order valence-electron chi connectivity index (χ1n) is 10.8. The van der Waals surface area contributed by atoms with Gasteiger partial charge in [0.05, 0.1) is 17.0 Å². The molecule has 0 saturated carbocycles. The molecule has 8 heteroatoms. The van der Waals surface area contributed by atoms with E-state index in [1.54, 1.807) is 45.0 Å². The van der Waals surface area contributed by atoms with Gasteiger partial charge < -0.3 is 15.0 Å². The highest BCUT2D eigenvalue weighted by molar-refractivity contribution is 7.94. The molecule has 2 atom stereocenters. The highest BCUT2D eigenvalue weighted by Gasteiger charge is 2.29. The number of nitrogens with zero attached hydrogens (tertiary/aromatic N) is 1. The molecule has 1 fully saturated rings. The molecule has 0 radical (unpaired) electrons. The zero-order valence-electron chi connectivity index (χ0n) is 19.6. The highest BCUT2D eigenvalue weighted by Crippen LogP contribution is 2.27. The Morgan fingerprint density at radius 1 is 1.00 bits per heavy atom. The van der Waals surface area contributed by atoms with Crippen LogP contribution in [0.4, 0.5) is 17.1 Å². The zero-order valence-corrected chi connectivity index (χ0v) is 20.4. The third kappa shape index (κ3) is 5.61. The van der Waals surface area contributed by atoms with Crippen LogP contribution in [0.5, 0.6) is 0 Å². The standard InChI is InChI=1S/C24H33N3O4S/c1-16-13-21(11-12-22(16)27-14-17(2)31-18(3)15-27)25-23(28)19-7-9-20(10-8-19)26-32(29,30)24(4,5)6/h7-13,17-18,26H,14-15H2,1-6H3,(H,25,28). The third-order valence-corrected chi connectivity index (χ3v) is 7.54. The maximum Gasteiger partial charge on any atom is 0.255 e. The van der Waals surface area contributed by atoms with Crippen LogP contribution in [-0.2, 0) is 14.8 Å². The second-order valence-electron chi connectivity index (χ2n) is 9.41. The molecule has 32 heavy (non-hydrogen) atoms. The van der Waals surface area contributed by atoms with E-state index in [2.05, 4.69) is 28.8 Å². The quantitative estimate of drug-likeness (QED) is 0.692. The van der Waals surface area contributed by atoms with Gasteiger partial charge in [-0.3, -0.25) is 9.52 Å². The maximum atomic E-state index is 12.7. The fraction of sp³-hybridized carbons (Fsp3) is 0.458. The number of ether oxygens (including phenoxy) is 1. The molecule has 0 spiro atoms. The predicted octanol–water partition coefficient (Wildman–Crippen LogP) is 4.40. The summed E-state index contributed by atoms with van der Waals surface area (Å²) < 4.78 is 32.0. The molecule has 2 aromatic rings. The van der Waals surface area contributed by atoms with E-state index < -0.39 is 14.8 Å². The van der Waals surface area contributed by atoms with Crippen LogP contribution in [0.15, 0.2) is 42.5 Å². The Kier molecular flexibility index (Phi) is 6.86. The number of carbonyl (C=O) groups excluding carboxylic acids is 1. The highest BCUT2D eigenvalue weighted by atomic mass is 32.2. The number of carbonyl (C=O) groups is 1. The third-order valence-electron chi connectivity index (χ3n) is 5.42. The molecule has 0 aliphatic carbocycles. The van der Waals surface area contributed by atoms with Gasteiger partial charge in [-0.15, -0.1) is 0 Å². The summed E-state index contributed by atoms with van der Waals surface area (Å²) >= 11 is 0. The van der Waals surface area contributed by atoms with Crippen LogP contribution < -0.4 is 14.9 Å². The maximum absolute atomic E-state index is 12.7. The van der Waals surface area contributed by atoms with Gasteiger partial charge in [-0.05, 0) is 89.6 Å². The first-order valence-corrected chi connectivity index (χ1v) is 12.3. The lowest BCUT2D eigenvalue weighted by molar-refractivity contribution is -0.00524. The van der Waals surface area contributed by atoms with Gasteiger partial charge in [0.1, 0.15) is 0 Å². The molecule has 2 aromatic carbocycles. The molecule has 174 valence electrons. The number of anilines is 3. The van der Waals surface area contributed by atoms with Crippen LogP contribution in [0, 0.1) is 6.92 Å². The number of aryl methyl sites for hydroxylation is 1. The van der Waals surface area contributed by atoms with E-state index >= 15 is 0 Å². The van der Waals surface area contributed by atoms with Crippen LogP contribution in [0.1, 0.15) is 50.5 Å². The molecule has 3 rings (SSSR count). The lowest BCUT2D eigenvalue weighted by Crippen LogP contribution is -2.45. The molecule has 1 amide bonds. The van der Waals surface area contributed by atoms with Crippen LogP contribution >= 0.6 is 0 Å². The molecule has 1 heterocycles. The molecular formula is C24H33N3O4S. The largest absolute Gasteiger partial charge is 0.372 e. The molecule has 1 aliphatic rings. The average molecular weight is 460 g/mol. The Balaban J connectivity index is 1.67. The molecular weight excluding hydrogens is 426 g/mol. The number of hydrogen-bond donors (Lipinski definition) is 2. The van der Waals surface area contributed by atoms with Gasteiger partial charge in [-0.1, -0.05) is 0 Å². The monoisotopic (exact) mass is 459 g/mol. The summed E-state index contributed by atoms with van der Waals surface area (Å²) in [5, 5.41) is 2.92. The van der Waals surface area contributed by atoms with Crippen molar-refractivity contribution in [2.24, 2.45) is 0 Å². The number of nitrogens with one attached hydrogen (secondary N) is 2. The molecule has 0 aromatic heterocycles. The van der Waals surface area contributed by atoms with Crippen molar-refractivity contribution >= 4 is 33.0 Å². The second-order valence-corrected chi connectivity index (χ2v) is 11.8. The lowest BCUT2D eigenvalue weighted by Gasteiger charge is -2.37. The fourth-order valence-electron chi connectivity index (χ4n) is 3.66. The van der Waals surface area contributed by atoms with Crippen LogP contribution in [0.25, 0.3) is 0 Å². The lowest BCUT2D eigenvalue weighted by atomic mass is 10.1. The van der Waals surface area contributed by atoms with Crippen molar-refractivity contribution < 1.29 is 17.9 Å². The van der Waals surface area contributed by atoms with Crippen molar-refractivity contribution in [1.29, 1.82) is 0 Å². The molecule has 2 unspecified atom stereocenters. The van der Waals surface area contributed by atoms with Crippen molar-refractivity contribution in [3.05, 3.63) is 53.6 Å². The van der Waals surface area contributed by atoms with Crippen LogP contribution in [0.2, 0.25) is 0 Å². The van der Waals surface area contributed by atoms with Gasteiger partial charge in [-0.25, -0.2) is 8.42 Å². The minimum Gasteiger partial charge on any atom is -0.372 e. The summed E-state index contributed by atoms with van der Waals surface area (Å²) in [4.78, 5) is 15.0. The summed E-state index contributed by atoms with van der Waals surface area (Å²) in [6.45, 7) is 12.7. The van der Waals surface area contributed by atoms with E-state index in [0.29, 0.717) is 16.9 Å². The number of hydrogen-bond acceptors (Lipinski definition) is 5. The SMILES string of the molecule is Cc1cc(NC(=O)c2ccc(NS(=O)(=O)C(C)(C)C)cc2)ccc1N1CC(C)OC(C)C1. The average Bonchev–Trinajstić information content (AvgIpc) is 2.66. The molecule has 1 aliphatic heterocycles. The second kappa shape index (κ2) is 9.11. The van der Waals surface area contributed by atoms with E-state index in [4.69, 9.17) is 4.74 Å². The van der Waals surface area contributed by atoms with E-state index in [1.807, 2.05) is 25.1 Å². The number of benzene rings is 2. The van der Waals surface area contributed by atoms with Gasteiger partial charge >= 0.3 is 0 Å². The molecule has 2 N–H and O–H groups in total. The number of morpholine rings is 1. The summed E-state index contributed by atoms with van der Waals surface area (Å²) in [6.07, 6.45) is 0.349. The smallest absolute Gasteiger partial charge is 0.255 e. The number of amides is 1. The van der Waals surface area contributed by atoms with E-state index in [-0.39, 0.29) is 18.1 Å². The van der Waals surface area contributed by atoms with Gasteiger partial charge in [0.2, 0.25) is 10.0 Å². The van der Waals surface area contributed by atoms with Gasteiger partial charge in [0, 0.05) is 35.7 Å². The minimum absolute atomic E-state index is 0.174. The van der Waals surface area contributed by atoms with Gasteiger partial charge in [-0.2, -0.15) is 0 Å². The van der Waals surface area contributed by atoms with Crippen LogP contribution in [0.3, 0.4) is 0 Å². The Morgan fingerprint density at radius 2 is 1.56 bits per heavy atom. The van der Waals surface area contributed by atoms with Crippen molar-refractivity contribution in [2.45, 2.75) is 58.5 Å². The minimum atomic E-state index is -3.52. The Bertz CT molecular complexity index is 1070. The van der Waals surface area contributed by atoms with Crippen LogP contribution in [-0.4, -0.2) is 44.4 Å². The summed E-state index contributed by atoms with van der Waals surface area (Å²) in [5.74, 6) is -0.254. The molecule has 1 saturated heterocycles. The Labute approximate surface area is 191 Å². The van der Waals surface area contributed by atoms with Crippen molar-refractivity contribution in [3.63, 3.8) is 0 Å². The van der Waals surface area contributed by atoms with Gasteiger partial charge in [0.25, 0.3) is 5.91 Å². The van der Waals surface area contributed by atoms with Crippen molar-refractivity contribution in [2.75, 3.05) is 28.0 Å². The Hall–Kier alpha value is -2.58. The Morgan fingerprint density at radius 3 is 2.09 bits per heavy atom. The summed E-state index contributed by atoms with van der Waals surface area (Å²) in [5.41, 5.74) is 3.80. The van der Waals surface area contributed by atoms with E-state index in [9.17, 15) is 13.2 Å². The van der Waals surface area contributed by atoms with Gasteiger partial charge in [0.15, 0.2) is 0 Å². The van der Waals surface area contributed by atoms with E-state index in [0.717, 1.165) is 24.3 Å². The first-order chi connectivity index (χ1) is 14.9. The van der Waals surface area contributed by atoms with E-state index in [1.165, 1.54) is 0 Å². The van der Waals surface area contributed by atoms with Crippen molar-refractivity contribution in [3.8, 4) is 0 Å². The molecule has 0 bridgehead atoms. The molecule has 7 nitrogen and oxygen atoms in total.